The lowest BCUT2D eigenvalue weighted by atomic mass is 10.1. The second-order valence-corrected chi connectivity index (χ2v) is 8.24. The number of nitrogens with one attached hydrogen (secondary N) is 2. The molecule has 1 aliphatic rings. The van der Waals surface area contributed by atoms with Gasteiger partial charge in [-0.3, -0.25) is 9.88 Å². The summed E-state index contributed by atoms with van der Waals surface area (Å²) in [4.78, 5) is 19.4. The number of benzene rings is 2. The third-order valence-corrected chi connectivity index (χ3v) is 5.85. The maximum absolute atomic E-state index is 5.44. The lowest BCUT2D eigenvalue weighted by Gasteiger charge is -2.26. The fraction of sp³-hybridized carbons (Fsp3) is 0.250. The normalized spacial score (nSPS) is 14.8. The minimum absolute atomic E-state index is 0.517. The molecule has 1 fully saturated rings. The van der Waals surface area contributed by atoms with Crippen molar-refractivity contribution in [2.24, 2.45) is 0 Å². The summed E-state index contributed by atoms with van der Waals surface area (Å²) in [5, 5.41) is 7.88. The van der Waals surface area contributed by atoms with Gasteiger partial charge < -0.3 is 15.0 Å². The van der Waals surface area contributed by atoms with Crippen LogP contribution in [0.3, 0.4) is 0 Å². The fourth-order valence-corrected chi connectivity index (χ4v) is 4.20. The molecule has 1 aliphatic heterocycles. The number of rotatable bonds is 5. The number of aromatic nitrogens is 6. The van der Waals surface area contributed by atoms with E-state index < -0.39 is 0 Å². The van der Waals surface area contributed by atoms with Crippen LogP contribution < -0.4 is 5.32 Å². The lowest BCUT2D eigenvalue weighted by molar-refractivity contribution is 0.0342. The third-order valence-electron chi connectivity index (χ3n) is 5.85. The number of fused-ring (bicyclic) bond motifs is 2. The number of nitrogens with zero attached hydrogens (tertiary/aromatic N) is 6. The van der Waals surface area contributed by atoms with Crippen molar-refractivity contribution in [1.82, 2.24) is 34.4 Å². The molecule has 0 aliphatic carbocycles. The monoisotopic (exact) mass is 440 g/mol. The fourth-order valence-electron chi connectivity index (χ4n) is 4.20. The van der Waals surface area contributed by atoms with Crippen LogP contribution >= 0.6 is 0 Å². The summed E-state index contributed by atoms with van der Waals surface area (Å²) >= 11 is 0. The third kappa shape index (κ3) is 4.04. The molecule has 0 spiro atoms. The molecule has 1 saturated heterocycles. The van der Waals surface area contributed by atoms with Gasteiger partial charge in [-0.2, -0.15) is 4.98 Å². The van der Waals surface area contributed by atoms with Crippen molar-refractivity contribution in [3.63, 3.8) is 0 Å². The van der Waals surface area contributed by atoms with E-state index in [4.69, 9.17) is 9.72 Å². The maximum atomic E-state index is 5.44. The standard InChI is InChI=1S/C24H24N8O/c1-16-26-20-7-6-19(14-21(20)27-16)28-24-29-23-22(25-8-9-32(23)30-24)18-4-2-17(3-5-18)15-31-10-12-33-13-11-31/h2-9,14H,10-13,15H2,1H3,(H,26,27)(H,28,30). The Morgan fingerprint density at radius 2 is 1.91 bits per heavy atom. The number of imidazole rings is 1. The molecule has 4 heterocycles. The van der Waals surface area contributed by atoms with Crippen molar-refractivity contribution in [2.45, 2.75) is 13.5 Å². The van der Waals surface area contributed by atoms with E-state index in [1.54, 1.807) is 10.7 Å². The first-order valence-electron chi connectivity index (χ1n) is 11.1. The number of hydrogen-bond acceptors (Lipinski definition) is 7. The molecule has 9 heteroatoms. The van der Waals surface area contributed by atoms with Crippen LogP contribution in [-0.2, 0) is 11.3 Å². The van der Waals surface area contributed by atoms with Crippen LogP contribution in [0.2, 0.25) is 0 Å². The van der Waals surface area contributed by atoms with Crippen LogP contribution in [0.15, 0.2) is 54.9 Å². The molecule has 0 radical (unpaired) electrons. The van der Waals surface area contributed by atoms with Gasteiger partial charge in [-0.15, -0.1) is 5.10 Å². The van der Waals surface area contributed by atoms with Gasteiger partial charge >= 0.3 is 0 Å². The second kappa shape index (κ2) is 8.27. The lowest BCUT2D eigenvalue weighted by Crippen LogP contribution is -2.35. The molecule has 3 aromatic heterocycles. The summed E-state index contributed by atoms with van der Waals surface area (Å²) < 4.78 is 7.20. The topological polar surface area (TPSA) is 96.3 Å². The predicted octanol–water partition coefficient (Wildman–Crippen LogP) is 3.55. The van der Waals surface area contributed by atoms with E-state index in [2.05, 4.69) is 54.5 Å². The molecule has 0 saturated carbocycles. The molecule has 0 bridgehead atoms. The van der Waals surface area contributed by atoms with Crippen LogP contribution in [0, 0.1) is 6.92 Å². The second-order valence-electron chi connectivity index (χ2n) is 8.24. The first kappa shape index (κ1) is 19.8. The number of ether oxygens (including phenoxy) is 1. The van der Waals surface area contributed by atoms with Crippen molar-refractivity contribution in [1.29, 1.82) is 0 Å². The van der Waals surface area contributed by atoms with Crippen LogP contribution in [0.5, 0.6) is 0 Å². The first-order valence-corrected chi connectivity index (χ1v) is 11.1. The summed E-state index contributed by atoms with van der Waals surface area (Å²) in [6.07, 6.45) is 3.56. The number of aromatic amines is 1. The highest BCUT2D eigenvalue weighted by molar-refractivity contribution is 5.80. The number of H-pyrrole nitrogens is 1. The molecule has 0 amide bonds. The Morgan fingerprint density at radius 1 is 1.06 bits per heavy atom. The van der Waals surface area contributed by atoms with E-state index in [0.29, 0.717) is 11.6 Å². The molecule has 166 valence electrons. The van der Waals surface area contributed by atoms with Gasteiger partial charge in [0.2, 0.25) is 5.95 Å². The van der Waals surface area contributed by atoms with Crippen molar-refractivity contribution in [3.8, 4) is 11.3 Å². The van der Waals surface area contributed by atoms with Gasteiger partial charge in [0, 0.05) is 43.3 Å². The minimum atomic E-state index is 0.517. The van der Waals surface area contributed by atoms with Crippen molar-refractivity contribution in [2.75, 3.05) is 31.6 Å². The average Bonchev–Trinajstić information content (AvgIpc) is 3.41. The van der Waals surface area contributed by atoms with Gasteiger partial charge in [0.25, 0.3) is 0 Å². The Morgan fingerprint density at radius 3 is 2.76 bits per heavy atom. The Bertz CT molecular complexity index is 1420. The predicted molar refractivity (Wildman–Crippen MR) is 126 cm³/mol. The van der Waals surface area contributed by atoms with E-state index in [1.165, 1.54) is 5.56 Å². The smallest absolute Gasteiger partial charge is 0.247 e. The molecular weight excluding hydrogens is 416 g/mol. The molecule has 5 aromatic rings. The highest BCUT2D eigenvalue weighted by Crippen LogP contribution is 2.25. The molecule has 0 atom stereocenters. The number of hydrogen-bond donors (Lipinski definition) is 2. The maximum Gasteiger partial charge on any atom is 0.247 e. The molecule has 0 unspecified atom stereocenters. The average molecular weight is 441 g/mol. The van der Waals surface area contributed by atoms with Crippen molar-refractivity contribution >= 4 is 28.3 Å². The minimum Gasteiger partial charge on any atom is -0.379 e. The van der Waals surface area contributed by atoms with Crippen molar-refractivity contribution in [3.05, 3.63) is 66.2 Å². The highest BCUT2D eigenvalue weighted by Gasteiger charge is 2.14. The summed E-state index contributed by atoms with van der Waals surface area (Å²) in [6, 6.07) is 14.5. The van der Waals surface area contributed by atoms with Crippen LogP contribution in [-0.4, -0.2) is 60.8 Å². The van der Waals surface area contributed by atoms with Gasteiger partial charge in [-0.05, 0) is 30.7 Å². The van der Waals surface area contributed by atoms with Gasteiger partial charge in [0.05, 0.1) is 24.2 Å². The van der Waals surface area contributed by atoms with Crippen LogP contribution in [0.25, 0.3) is 27.9 Å². The summed E-state index contributed by atoms with van der Waals surface area (Å²) in [7, 11) is 0. The zero-order valence-electron chi connectivity index (χ0n) is 18.3. The van der Waals surface area contributed by atoms with Gasteiger partial charge in [0.15, 0.2) is 5.65 Å². The molecule has 2 N–H and O–H groups in total. The SMILES string of the molecule is Cc1nc2ccc(Nc3nc4c(-c5ccc(CN6CCOCC6)cc5)nccn4n3)cc2[nH]1. The van der Waals surface area contributed by atoms with Crippen LogP contribution in [0.4, 0.5) is 11.6 Å². The summed E-state index contributed by atoms with van der Waals surface area (Å²) in [5.74, 6) is 1.41. The number of morpholine rings is 1. The zero-order chi connectivity index (χ0) is 22.2. The van der Waals surface area contributed by atoms with E-state index in [0.717, 1.165) is 66.7 Å². The Labute approximate surface area is 190 Å². The molecule has 6 rings (SSSR count). The highest BCUT2D eigenvalue weighted by atomic mass is 16.5. The molecule has 2 aromatic carbocycles. The van der Waals surface area contributed by atoms with Gasteiger partial charge in [-0.25, -0.2) is 9.50 Å². The molecular formula is C24H24N8O. The number of aryl methyl sites for hydroxylation is 1. The van der Waals surface area contributed by atoms with Gasteiger partial charge in [-0.1, -0.05) is 24.3 Å². The Balaban J connectivity index is 1.25. The Hall–Kier alpha value is -3.82. The van der Waals surface area contributed by atoms with E-state index in [9.17, 15) is 0 Å². The quantitative estimate of drug-likeness (QED) is 0.431. The van der Waals surface area contributed by atoms with E-state index in [-0.39, 0.29) is 0 Å². The molecule has 33 heavy (non-hydrogen) atoms. The van der Waals surface area contributed by atoms with Crippen LogP contribution in [0.1, 0.15) is 11.4 Å². The summed E-state index contributed by atoms with van der Waals surface area (Å²) in [5.41, 5.74) is 6.60. The van der Waals surface area contributed by atoms with Gasteiger partial charge in [0.1, 0.15) is 11.5 Å². The largest absolute Gasteiger partial charge is 0.379 e. The number of anilines is 2. The summed E-state index contributed by atoms with van der Waals surface area (Å²) in [6.45, 7) is 6.45. The van der Waals surface area contributed by atoms with E-state index in [1.807, 2.05) is 31.3 Å². The zero-order valence-corrected chi connectivity index (χ0v) is 18.3. The molecule has 9 nitrogen and oxygen atoms in total. The van der Waals surface area contributed by atoms with Crippen molar-refractivity contribution < 1.29 is 4.74 Å². The van der Waals surface area contributed by atoms with E-state index >= 15 is 0 Å². The first-order chi connectivity index (χ1) is 16.2. The Kier molecular flexibility index (Phi) is 4.97.